The van der Waals surface area contributed by atoms with E-state index in [9.17, 15) is 0 Å². The first-order chi connectivity index (χ1) is 11.8. The average molecular weight is 333 g/mol. The molecule has 3 heterocycles. The van der Waals surface area contributed by atoms with Crippen LogP contribution < -0.4 is 0 Å². The van der Waals surface area contributed by atoms with Gasteiger partial charge in [0.1, 0.15) is 5.71 Å². The van der Waals surface area contributed by atoms with E-state index in [1.165, 1.54) is 0 Å². The van der Waals surface area contributed by atoms with E-state index < -0.39 is 0 Å². The van der Waals surface area contributed by atoms with Gasteiger partial charge in [-0.15, -0.1) is 0 Å². The normalized spacial score (nSPS) is 13.3. The van der Waals surface area contributed by atoms with Crippen LogP contribution in [0.4, 0.5) is 0 Å². The number of hydrogen-bond donors (Lipinski definition) is 0. The van der Waals surface area contributed by atoms with Gasteiger partial charge < -0.3 is 8.98 Å². The summed E-state index contributed by atoms with van der Waals surface area (Å²) in [6.07, 6.45) is 3.80. The fraction of sp³-hybridized carbons (Fsp3) is 0.0500. The van der Waals surface area contributed by atoms with Gasteiger partial charge in [-0.2, -0.15) is 0 Å². The maximum Gasteiger partial charge on any atom is 0.161 e. The molecular formula is C20H13ClN2O. The lowest BCUT2D eigenvalue weighted by atomic mass is 10.1. The number of para-hydroxylation sites is 1. The number of rotatable bonds is 1. The molecule has 3 nitrogen and oxygen atoms in total. The topological polar surface area (TPSA) is 30.4 Å². The molecule has 0 unspecified atom stereocenters. The molecule has 0 aliphatic carbocycles. The van der Waals surface area contributed by atoms with Crippen molar-refractivity contribution in [1.82, 2.24) is 4.57 Å². The number of halogens is 1. The van der Waals surface area contributed by atoms with E-state index in [1.54, 1.807) is 6.26 Å². The first-order valence-corrected chi connectivity index (χ1v) is 8.17. The number of nitrogens with zero attached hydrogens (tertiary/aromatic N) is 2. The summed E-state index contributed by atoms with van der Waals surface area (Å²) in [6.45, 7) is 0.571. The van der Waals surface area contributed by atoms with Crippen LogP contribution in [0.5, 0.6) is 0 Å². The SMILES string of the molecule is Clc1cccc2c1-n1cccc1C(c1occ3ccccc13)=NC2. The highest BCUT2D eigenvalue weighted by Crippen LogP contribution is 2.32. The number of fused-ring (bicyclic) bond motifs is 4. The first-order valence-electron chi connectivity index (χ1n) is 7.79. The Hall–Kier alpha value is -2.78. The highest BCUT2D eigenvalue weighted by molar-refractivity contribution is 6.32. The highest BCUT2D eigenvalue weighted by Gasteiger charge is 2.23. The minimum Gasteiger partial charge on any atom is -0.461 e. The van der Waals surface area contributed by atoms with Gasteiger partial charge in [0.25, 0.3) is 0 Å². The molecule has 0 fully saturated rings. The van der Waals surface area contributed by atoms with Crippen molar-refractivity contribution in [3.05, 3.63) is 89.1 Å². The maximum absolute atomic E-state index is 6.47. The van der Waals surface area contributed by atoms with E-state index in [1.807, 2.05) is 42.6 Å². The lowest BCUT2D eigenvalue weighted by Crippen LogP contribution is -2.08. The van der Waals surface area contributed by atoms with Crippen LogP contribution >= 0.6 is 11.6 Å². The van der Waals surface area contributed by atoms with Gasteiger partial charge in [-0.25, -0.2) is 0 Å². The fourth-order valence-corrected chi connectivity index (χ4v) is 3.62. The maximum atomic E-state index is 6.47. The molecule has 0 atom stereocenters. The smallest absolute Gasteiger partial charge is 0.161 e. The fourth-order valence-electron chi connectivity index (χ4n) is 3.34. The van der Waals surface area contributed by atoms with Gasteiger partial charge in [0.2, 0.25) is 0 Å². The molecule has 0 N–H and O–H groups in total. The lowest BCUT2D eigenvalue weighted by Gasteiger charge is -2.11. The highest BCUT2D eigenvalue weighted by atomic mass is 35.5. The van der Waals surface area contributed by atoms with Crippen LogP contribution in [0.2, 0.25) is 5.02 Å². The summed E-state index contributed by atoms with van der Waals surface area (Å²) in [5.74, 6) is 0.800. The van der Waals surface area contributed by atoms with Crippen LogP contribution in [0, 0.1) is 0 Å². The second-order valence-electron chi connectivity index (χ2n) is 5.83. The Kier molecular flexibility index (Phi) is 2.91. The molecule has 0 bridgehead atoms. The van der Waals surface area contributed by atoms with Gasteiger partial charge in [0.05, 0.1) is 29.2 Å². The summed E-state index contributed by atoms with van der Waals surface area (Å²) in [6, 6.07) is 18.1. The second kappa shape index (κ2) is 5.11. The Morgan fingerprint density at radius 2 is 1.92 bits per heavy atom. The summed E-state index contributed by atoms with van der Waals surface area (Å²) in [7, 11) is 0. The van der Waals surface area contributed by atoms with Gasteiger partial charge in [-0.1, -0.05) is 48.0 Å². The number of benzene rings is 2. The van der Waals surface area contributed by atoms with Gasteiger partial charge in [-0.3, -0.25) is 4.99 Å². The number of hydrogen-bond acceptors (Lipinski definition) is 2. The lowest BCUT2D eigenvalue weighted by molar-refractivity contribution is 0.562. The van der Waals surface area contributed by atoms with E-state index in [-0.39, 0.29) is 0 Å². The van der Waals surface area contributed by atoms with Crippen LogP contribution in [-0.4, -0.2) is 10.3 Å². The van der Waals surface area contributed by atoms with Crippen LogP contribution in [0.3, 0.4) is 0 Å². The molecule has 1 aliphatic rings. The van der Waals surface area contributed by atoms with E-state index in [0.29, 0.717) is 6.54 Å². The summed E-state index contributed by atoms with van der Waals surface area (Å²) in [5, 5.41) is 2.87. The van der Waals surface area contributed by atoms with E-state index in [0.717, 1.165) is 44.2 Å². The molecule has 2 aromatic carbocycles. The quantitative estimate of drug-likeness (QED) is 0.469. The largest absolute Gasteiger partial charge is 0.461 e. The molecule has 4 aromatic rings. The molecule has 24 heavy (non-hydrogen) atoms. The summed E-state index contributed by atoms with van der Waals surface area (Å²) in [4.78, 5) is 4.86. The van der Waals surface area contributed by atoms with Gasteiger partial charge in [0.15, 0.2) is 5.76 Å². The molecule has 1 aliphatic heterocycles. The van der Waals surface area contributed by atoms with Crippen molar-refractivity contribution in [2.45, 2.75) is 6.54 Å². The Balaban J connectivity index is 1.79. The zero-order chi connectivity index (χ0) is 16.1. The van der Waals surface area contributed by atoms with Crippen molar-refractivity contribution in [2.75, 3.05) is 0 Å². The molecule has 5 rings (SSSR count). The zero-order valence-electron chi connectivity index (χ0n) is 12.7. The van der Waals surface area contributed by atoms with Gasteiger partial charge >= 0.3 is 0 Å². The molecule has 2 aromatic heterocycles. The molecule has 0 amide bonds. The second-order valence-corrected chi connectivity index (χ2v) is 6.24. The molecule has 116 valence electrons. The number of aromatic nitrogens is 1. The van der Waals surface area contributed by atoms with Crippen molar-refractivity contribution >= 4 is 28.1 Å². The van der Waals surface area contributed by atoms with Crippen LogP contribution in [-0.2, 0) is 6.54 Å². The Labute approximate surface area is 143 Å². The van der Waals surface area contributed by atoms with Crippen LogP contribution in [0.15, 0.2) is 76.5 Å². The molecule has 4 heteroatoms. The van der Waals surface area contributed by atoms with E-state index >= 15 is 0 Å². The Morgan fingerprint density at radius 3 is 2.88 bits per heavy atom. The minimum absolute atomic E-state index is 0.571. The number of furan rings is 1. The van der Waals surface area contributed by atoms with E-state index in [2.05, 4.69) is 22.8 Å². The molecular weight excluding hydrogens is 320 g/mol. The summed E-state index contributed by atoms with van der Waals surface area (Å²) < 4.78 is 7.99. The minimum atomic E-state index is 0.571. The predicted octanol–water partition coefficient (Wildman–Crippen LogP) is 5.23. The monoisotopic (exact) mass is 332 g/mol. The average Bonchev–Trinajstić information content (AvgIpc) is 3.20. The van der Waals surface area contributed by atoms with Crippen LogP contribution in [0.1, 0.15) is 17.0 Å². The van der Waals surface area contributed by atoms with Crippen molar-refractivity contribution in [2.24, 2.45) is 4.99 Å². The molecule has 0 saturated carbocycles. The molecule has 0 saturated heterocycles. The third-order valence-electron chi connectivity index (χ3n) is 4.43. The molecule has 0 radical (unpaired) electrons. The van der Waals surface area contributed by atoms with Crippen molar-refractivity contribution in [3.63, 3.8) is 0 Å². The summed E-state index contributed by atoms with van der Waals surface area (Å²) >= 11 is 6.47. The third kappa shape index (κ3) is 1.88. The van der Waals surface area contributed by atoms with Crippen molar-refractivity contribution in [1.29, 1.82) is 0 Å². The Bertz CT molecular complexity index is 1100. The predicted molar refractivity (Wildman–Crippen MR) is 96.3 cm³/mol. The Morgan fingerprint density at radius 1 is 1.00 bits per heavy atom. The zero-order valence-corrected chi connectivity index (χ0v) is 13.5. The number of aliphatic imine (C=N–C) groups is 1. The summed E-state index contributed by atoms with van der Waals surface area (Å²) in [5.41, 5.74) is 3.94. The van der Waals surface area contributed by atoms with Crippen molar-refractivity contribution in [3.8, 4) is 5.69 Å². The van der Waals surface area contributed by atoms with E-state index in [4.69, 9.17) is 21.0 Å². The van der Waals surface area contributed by atoms with Gasteiger partial charge in [0, 0.05) is 17.0 Å². The standard InChI is InChI=1S/C20H13ClN2O/c21-16-8-3-6-13-11-22-18(17-9-4-10-23(17)19(13)16)20-15-7-2-1-5-14(15)12-24-20/h1-10,12H,11H2. The van der Waals surface area contributed by atoms with Crippen LogP contribution in [0.25, 0.3) is 16.5 Å². The third-order valence-corrected chi connectivity index (χ3v) is 4.74. The van der Waals surface area contributed by atoms with Gasteiger partial charge in [-0.05, 0) is 23.8 Å². The molecule has 0 spiro atoms. The van der Waals surface area contributed by atoms with Crippen molar-refractivity contribution < 1.29 is 4.42 Å². The first kappa shape index (κ1) is 13.6.